The Morgan fingerprint density at radius 3 is 2.25 bits per heavy atom. The molecule has 0 radical (unpaired) electrons. The summed E-state index contributed by atoms with van der Waals surface area (Å²) in [6.07, 6.45) is 0.494. The molecule has 2 atom stereocenters. The number of likely N-dealkylation sites (tertiary alicyclic amines) is 1. The van der Waals surface area contributed by atoms with Crippen molar-refractivity contribution in [2.45, 2.75) is 51.8 Å². The Morgan fingerprint density at radius 1 is 1.35 bits per heavy atom. The highest BCUT2D eigenvalue weighted by Crippen LogP contribution is 2.45. The number of aliphatic hydroxyl groups is 1. The lowest BCUT2D eigenvalue weighted by Gasteiger charge is -2.50. The van der Waals surface area contributed by atoms with E-state index in [-0.39, 0.29) is 30.5 Å². The number of hydrogen-bond donors (Lipinski definition) is 1. The van der Waals surface area contributed by atoms with Gasteiger partial charge in [-0.2, -0.15) is 0 Å². The molecule has 5 heteroatoms. The maximum Gasteiger partial charge on any atom is 0.410 e. The molecule has 1 N–H and O–H groups in total. The summed E-state index contributed by atoms with van der Waals surface area (Å²) in [6.45, 7) is 8.18. The van der Waals surface area contributed by atoms with Crippen molar-refractivity contribution in [2.24, 2.45) is 17.8 Å². The maximum absolute atomic E-state index is 14.3. The minimum atomic E-state index is -1.18. The molecule has 1 aliphatic carbocycles. The number of carbonyl (C=O) groups is 1. The van der Waals surface area contributed by atoms with E-state index >= 15 is 0 Å². The van der Waals surface area contributed by atoms with Gasteiger partial charge in [0.1, 0.15) is 11.3 Å². The monoisotopic (exact) mass is 287 g/mol. The molecule has 2 aliphatic rings. The van der Waals surface area contributed by atoms with Gasteiger partial charge < -0.3 is 14.7 Å². The number of carbonyl (C=O) groups excluding carboxylic acids is 1. The molecule has 4 nitrogen and oxygen atoms in total. The van der Waals surface area contributed by atoms with Crippen LogP contribution >= 0.6 is 0 Å². The Kier molecular flexibility index (Phi) is 4.02. The van der Waals surface area contributed by atoms with Gasteiger partial charge in [-0.25, -0.2) is 9.18 Å². The third-order valence-corrected chi connectivity index (χ3v) is 4.36. The van der Waals surface area contributed by atoms with E-state index in [2.05, 4.69) is 0 Å². The molecule has 116 valence electrons. The van der Waals surface area contributed by atoms with E-state index < -0.39 is 11.3 Å². The lowest BCUT2D eigenvalue weighted by molar-refractivity contribution is -0.0705. The van der Waals surface area contributed by atoms with Gasteiger partial charge in [0.15, 0.2) is 0 Å². The van der Waals surface area contributed by atoms with Crippen molar-refractivity contribution >= 4 is 6.09 Å². The molecule has 2 fully saturated rings. The fraction of sp³-hybridized carbons (Fsp3) is 0.933. The first kappa shape index (κ1) is 15.5. The van der Waals surface area contributed by atoms with Crippen LogP contribution in [0.3, 0.4) is 0 Å². The molecule has 2 unspecified atom stereocenters. The molecule has 1 heterocycles. The van der Waals surface area contributed by atoms with Crippen molar-refractivity contribution in [3.05, 3.63) is 0 Å². The van der Waals surface area contributed by atoms with Gasteiger partial charge in [0.2, 0.25) is 0 Å². The highest BCUT2D eigenvalue weighted by molar-refractivity contribution is 5.68. The standard InChI is InChI=1S/C15H26FNO3/c1-14(2,3)20-13(19)17-7-10-5-15(4,16)6-11(8-17)12(10)9-18/h10-12,18H,5-9H2,1-4H3. The molecule has 20 heavy (non-hydrogen) atoms. The second-order valence-electron chi connectivity index (χ2n) is 7.57. The van der Waals surface area contributed by atoms with Crippen LogP contribution in [-0.4, -0.2) is 47.1 Å². The predicted octanol–water partition coefficient (Wildman–Crippen LogP) is 2.60. The van der Waals surface area contributed by atoms with Gasteiger partial charge in [-0.3, -0.25) is 0 Å². The number of alkyl halides is 1. The predicted molar refractivity (Wildman–Crippen MR) is 74.1 cm³/mol. The molecule has 2 rings (SSSR count). The molecule has 1 amide bonds. The normalized spacial score (nSPS) is 37.7. The average molecular weight is 287 g/mol. The van der Waals surface area contributed by atoms with Crippen molar-refractivity contribution in [2.75, 3.05) is 19.7 Å². The highest BCUT2D eigenvalue weighted by atomic mass is 19.1. The fourth-order valence-corrected chi connectivity index (χ4v) is 3.68. The molecule has 2 bridgehead atoms. The van der Waals surface area contributed by atoms with Gasteiger partial charge in [-0.1, -0.05) is 0 Å². The summed E-state index contributed by atoms with van der Waals surface area (Å²) in [6, 6.07) is 0. The van der Waals surface area contributed by atoms with Crippen molar-refractivity contribution in [3.8, 4) is 0 Å². The van der Waals surface area contributed by atoms with Gasteiger partial charge in [-0.05, 0) is 58.3 Å². The molecular weight excluding hydrogens is 261 g/mol. The van der Waals surface area contributed by atoms with Crippen LogP contribution in [0.15, 0.2) is 0 Å². The summed E-state index contributed by atoms with van der Waals surface area (Å²) in [4.78, 5) is 13.8. The number of ether oxygens (including phenoxy) is 1. The first-order chi connectivity index (χ1) is 9.11. The zero-order chi connectivity index (χ0) is 15.1. The number of amides is 1. The molecule has 0 aromatic carbocycles. The zero-order valence-electron chi connectivity index (χ0n) is 12.9. The SMILES string of the molecule is CC1(F)CC2CN(C(=O)OC(C)(C)C)CC(C1)C2CO. The Bertz CT molecular complexity index is 360. The van der Waals surface area contributed by atoms with Gasteiger partial charge in [0, 0.05) is 19.7 Å². The van der Waals surface area contributed by atoms with E-state index in [1.807, 2.05) is 20.8 Å². The van der Waals surface area contributed by atoms with Crippen LogP contribution in [-0.2, 0) is 4.74 Å². The topological polar surface area (TPSA) is 49.8 Å². The molecule has 1 aliphatic heterocycles. The number of nitrogens with zero attached hydrogens (tertiary/aromatic N) is 1. The van der Waals surface area contributed by atoms with Crippen molar-refractivity contribution < 1.29 is 19.0 Å². The van der Waals surface area contributed by atoms with Crippen LogP contribution in [0.1, 0.15) is 40.5 Å². The number of aliphatic hydroxyl groups excluding tert-OH is 1. The number of fused-ring (bicyclic) bond motifs is 2. The average Bonchev–Trinajstić information content (AvgIpc) is 2.23. The van der Waals surface area contributed by atoms with Crippen LogP contribution < -0.4 is 0 Å². The molecule has 1 saturated carbocycles. The molecule has 0 aromatic heterocycles. The number of halogens is 1. The maximum atomic E-state index is 14.3. The fourth-order valence-electron chi connectivity index (χ4n) is 3.68. The Hall–Kier alpha value is -0.840. The van der Waals surface area contributed by atoms with Crippen molar-refractivity contribution in [1.82, 2.24) is 4.90 Å². The number of piperidine rings is 1. The van der Waals surface area contributed by atoms with E-state index in [4.69, 9.17) is 4.74 Å². The Morgan fingerprint density at radius 2 is 1.85 bits per heavy atom. The summed E-state index contributed by atoms with van der Waals surface area (Å²) in [5, 5.41) is 9.52. The third kappa shape index (κ3) is 3.43. The van der Waals surface area contributed by atoms with Gasteiger partial charge in [0.25, 0.3) is 0 Å². The Balaban J connectivity index is 2.07. The van der Waals surface area contributed by atoms with Crippen molar-refractivity contribution in [3.63, 3.8) is 0 Å². The van der Waals surface area contributed by atoms with E-state index in [0.717, 1.165) is 0 Å². The quantitative estimate of drug-likeness (QED) is 0.806. The van der Waals surface area contributed by atoms with E-state index in [0.29, 0.717) is 25.9 Å². The first-order valence-electron chi connectivity index (χ1n) is 7.39. The lowest BCUT2D eigenvalue weighted by atomic mass is 9.65. The second-order valence-corrected chi connectivity index (χ2v) is 7.57. The highest BCUT2D eigenvalue weighted by Gasteiger charge is 2.48. The van der Waals surface area contributed by atoms with Crippen LogP contribution in [0.5, 0.6) is 0 Å². The molecule has 0 aromatic rings. The summed E-state index contributed by atoms with van der Waals surface area (Å²) >= 11 is 0. The largest absolute Gasteiger partial charge is 0.444 e. The first-order valence-corrected chi connectivity index (χ1v) is 7.39. The minimum absolute atomic E-state index is 0.0232. The minimum Gasteiger partial charge on any atom is -0.444 e. The van der Waals surface area contributed by atoms with Gasteiger partial charge >= 0.3 is 6.09 Å². The number of hydrogen-bond acceptors (Lipinski definition) is 3. The molecule has 0 spiro atoms. The lowest BCUT2D eigenvalue weighted by Crippen LogP contribution is -2.56. The molecular formula is C15H26FNO3. The Labute approximate surface area is 120 Å². The number of rotatable bonds is 1. The third-order valence-electron chi connectivity index (χ3n) is 4.36. The van der Waals surface area contributed by atoms with Gasteiger partial charge in [0.05, 0.1) is 0 Å². The summed E-state index contributed by atoms with van der Waals surface area (Å²) < 4.78 is 19.7. The van der Waals surface area contributed by atoms with E-state index in [9.17, 15) is 14.3 Å². The summed E-state index contributed by atoms with van der Waals surface area (Å²) in [5.74, 6) is 0.155. The zero-order valence-corrected chi connectivity index (χ0v) is 12.9. The van der Waals surface area contributed by atoms with E-state index in [1.165, 1.54) is 0 Å². The molecule has 1 saturated heterocycles. The van der Waals surface area contributed by atoms with Crippen LogP contribution in [0.4, 0.5) is 9.18 Å². The van der Waals surface area contributed by atoms with Crippen LogP contribution in [0.25, 0.3) is 0 Å². The van der Waals surface area contributed by atoms with E-state index in [1.54, 1.807) is 11.8 Å². The summed E-state index contributed by atoms with van der Waals surface area (Å²) in [7, 11) is 0. The van der Waals surface area contributed by atoms with Gasteiger partial charge in [-0.15, -0.1) is 0 Å². The summed E-state index contributed by atoms with van der Waals surface area (Å²) in [5.41, 5.74) is -1.70. The second kappa shape index (κ2) is 5.17. The van der Waals surface area contributed by atoms with Crippen molar-refractivity contribution in [1.29, 1.82) is 0 Å². The van der Waals surface area contributed by atoms with Crippen LogP contribution in [0.2, 0.25) is 0 Å². The smallest absolute Gasteiger partial charge is 0.410 e. The van der Waals surface area contributed by atoms with Crippen LogP contribution in [0, 0.1) is 17.8 Å².